The third-order valence-corrected chi connectivity index (χ3v) is 5.12. The van der Waals surface area contributed by atoms with Crippen LogP contribution in [0.1, 0.15) is 31.4 Å². The van der Waals surface area contributed by atoms with Gasteiger partial charge in [0.05, 0.1) is 6.61 Å². The summed E-state index contributed by atoms with van der Waals surface area (Å²) >= 11 is 3.65. The van der Waals surface area contributed by atoms with Crippen LogP contribution in [-0.2, 0) is 4.74 Å². The molecule has 0 unspecified atom stereocenters. The number of nitrogens with one attached hydrogen (secondary N) is 1. The Labute approximate surface area is 171 Å². The number of benzene rings is 2. The first-order valence-electron chi connectivity index (χ1n) is 9.30. The van der Waals surface area contributed by atoms with Gasteiger partial charge in [-0.05, 0) is 61.7 Å². The van der Waals surface area contributed by atoms with Gasteiger partial charge in [0, 0.05) is 41.7 Å². The number of allylic oxidation sites excluding steroid dienone is 2. The largest absolute Gasteiger partial charge is 0.494 e. The molecule has 0 aliphatic heterocycles. The topological polar surface area (TPSA) is 24.5 Å². The minimum absolute atomic E-state index is 0.631. The van der Waals surface area contributed by atoms with Crippen molar-refractivity contribution >= 4 is 32.9 Å². The molecule has 2 rings (SSSR count). The Morgan fingerprint density at radius 3 is 2.56 bits per heavy atom. The second-order valence-corrected chi connectivity index (χ2v) is 7.32. The quantitative estimate of drug-likeness (QED) is 0.378. The molecule has 2 aromatic carbocycles. The van der Waals surface area contributed by atoms with E-state index in [0.29, 0.717) is 6.61 Å². The summed E-state index contributed by atoms with van der Waals surface area (Å²) in [5.41, 5.74) is 5.58. The number of nitrogens with zero attached hydrogens (tertiary/aromatic N) is 1. The standard InChI is InChI=1S/C23H29BrN2O/c1-6-10-23(27-7-2)21(20-13-9-14-22(24)17(20)3)16-25-18-11-8-12-19(15-18)26(4)5/h8-16,25H,6-7H2,1-5H3/b21-16-,23-10?. The van der Waals surface area contributed by atoms with Crippen molar-refractivity contribution in [3.8, 4) is 0 Å². The lowest BCUT2D eigenvalue weighted by Gasteiger charge is -2.17. The minimum Gasteiger partial charge on any atom is -0.494 e. The first kappa shape index (κ1) is 21.1. The molecule has 0 aliphatic rings. The van der Waals surface area contributed by atoms with Crippen LogP contribution in [0.4, 0.5) is 11.4 Å². The van der Waals surface area contributed by atoms with Crippen LogP contribution < -0.4 is 10.2 Å². The molecule has 0 saturated carbocycles. The highest BCUT2D eigenvalue weighted by molar-refractivity contribution is 9.10. The summed E-state index contributed by atoms with van der Waals surface area (Å²) in [4.78, 5) is 2.09. The lowest BCUT2D eigenvalue weighted by molar-refractivity contribution is 0.245. The van der Waals surface area contributed by atoms with E-state index < -0.39 is 0 Å². The van der Waals surface area contributed by atoms with Gasteiger partial charge in [0.1, 0.15) is 5.76 Å². The molecule has 1 N–H and O–H groups in total. The lowest BCUT2D eigenvalue weighted by Crippen LogP contribution is -2.08. The molecule has 0 heterocycles. The van der Waals surface area contributed by atoms with Crippen LogP contribution in [0, 0.1) is 6.92 Å². The second-order valence-electron chi connectivity index (χ2n) is 6.47. The van der Waals surface area contributed by atoms with Crippen LogP contribution in [0.15, 0.2) is 65.0 Å². The summed E-state index contributed by atoms with van der Waals surface area (Å²) in [6.07, 6.45) is 5.09. The van der Waals surface area contributed by atoms with Crippen molar-refractivity contribution in [1.29, 1.82) is 0 Å². The van der Waals surface area contributed by atoms with Gasteiger partial charge in [0.25, 0.3) is 0 Å². The highest BCUT2D eigenvalue weighted by Crippen LogP contribution is 2.31. The molecule has 4 heteroatoms. The summed E-state index contributed by atoms with van der Waals surface area (Å²) in [5, 5.41) is 3.46. The zero-order valence-electron chi connectivity index (χ0n) is 16.8. The van der Waals surface area contributed by atoms with Crippen molar-refractivity contribution in [2.24, 2.45) is 0 Å². The van der Waals surface area contributed by atoms with Crippen LogP contribution in [0.3, 0.4) is 0 Å². The average molecular weight is 429 g/mol. The van der Waals surface area contributed by atoms with Gasteiger partial charge in [-0.1, -0.05) is 41.1 Å². The highest BCUT2D eigenvalue weighted by atomic mass is 79.9. The fraction of sp³-hybridized carbons (Fsp3) is 0.304. The number of ether oxygens (including phenoxy) is 1. The molecule has 0 saturated heterocycles. The molecule has 0 fully saturated rings. The Morgan fingerprint density at radius 1 is 1.15 bits per heavy atom. The van der Waals surface area contributed by atoms with Gasteiger partial charge < -0.3 is 15.0 Å². The summed E-state index contributed by atoms with van der Waals surface area (Å²) < 4.78 is 7.06. The van der Waals surface area contributed by atoms with E-state index in [2.05, 4.69) is 88.5 Å². The molecular formula is C23H29BrN2O. The molecule has 144 valence electrons. The van der Waals surface area contributed by atoms with Crippen molar-refractivity contribution in [2.45, 2.75) is 27.2 Å². The van der Waals surface area contributed by atoms with Gasteiger partial charge in [0.2, 0.25) is 0 Å². The Bertz CT molecular complexity index is 825. The minimum atomic E-state index is 0.631. The van der Waals surface area contributed by atoms with Crippen LogP contribution >= 0.6 is 15.9 Å². The first-order chi connectivity index (χ1) is 13.0. The SMILES string of the molecule is CCC=C(OCC)/C(=C\Nc1cccc(N(C)C)c1)c1cccc(Br)c1C. The van der Waals surface area contributed by atoms with Crippen LogP contribution in [0.25, 0.3) is 5.57 Å². The molecule has 3 nitrogen and oxygen atoms in total. The highest BCUT2D eigenvalue weighted by Gasteiger charge is 2.13. The predicted molar refractivity (Wildman–Crippen MR) is 121 cm³/mol. The van der Waals surface area contributed by atoms with Crippen molar-refractivity contribution in [1.82, 2.24) is 0 Å². The number of halogens is 1. The van der Waals surface area contributed by atoms with Crippen LogP contribution in [-0.4, -0.2) is 20.7 Å². The zero-order chi connectivity index (χ0) is 19.8. The molecule has 0 bridgehead atoms. The molecule has 0 aliphatic carbocycles. The van der Waals surface area contributed by atoms with Gasteiger partial charge in [-0.15, -0.1) is 0 Å². The third-order valence-electron chi connectivity index (χ3n) is 4.26. The third kappa shape index (κ3) is 5.64. The number of hydrogen-bond acceptors (Lipinski definition) is 3. The Hall–Kier alpha value is -2.20. The van der Waals surface area contributed by atoms with E-state index in [4.69, 9.17) is 4.74 Å². The van der Waals surface area contributed by atoms with E-state index in [0.717, 1.165) is 39.2 Å². The van der Waals surface area contributed by atoms with Crippen LogP contribution in [0.5, 0.6) is 0 Å². The zero-order valence-corrected chi connectivity index (χ0v) is 18.4. The molecule has 27 heavy (non-hydrogen) atoms. The predicted octanol–water partition coefficient (Wildman–Crippen LogP) is 6.61. The smallest absolute Gasteiger partial charge is 0.124 e. The maximum Gasteiger partial charge on any atom is 0.124 e. The monoisotopic (exact) mass is 428 g/mol. The number of hydrogen-bond donors (Lipinski definition) is 1. The van der Waals surface area contributed by atoms with Gasteiger partial charge in [-0.25, -0.2) is 0 Å². The molecule has 2 aromatic rings. The molecule has 0 radical (unpaired) electrons. The Balaban J connectivity index is 2.48. The first-order valence-corrected chi connectivity index (χ1v) is 10.1. The van der Waals surface area contributed by atoms with Gasteiger partial charge >= 0.3 is 0 Å². The molecule has 0 amide bonds. The van der Waals surface area contributed by atoms with Crippen molar-refractivity contribution in [2.75, 3.05) is 30.9 Å². The van der Waals surface area contributed by atoms with E-state index >= 15 is 0 Å². The van der Waals surface area contributed by atoms with E-state index in [-0.39, 0.29) is 0 Å². The summed E-state index contributed by atoms with van der Waals surface area (Å²) in [7, 11) is 4.09. The van der Waals surface area contributed by atoms with E-state index in [1.54, 1.807) is 0 Å². The average Bonchev–Trinajstić information content (AvgIpc) is 2.65. The molecule has 0 atom stereocenters. The summed E-state index contributed by atoms with van der Waals surface area (Å²) in [6.45, 7) is 6.89. The van der Waals surface area contributed by atoms with E-state index in [9.17, 15) is 0 Å². The molecule has 0 aromatic heterocycles. The maximum absolute atomic E-state index is 5.97. The summed E-state index contributed by atoms with van der Waals surface area (Å²) in [5.74, 6) is 0.900. The maximum atomic E-state index is 5.97. The van der Waals surface area contributed by atoms with E-state index in [1.807, 2.05) is 27.2 Å². The fourth-order valence-corrected chi connectivity index (χ4v) is 3.16. The Kier molecular flexibility index (Phi) is 7.99. The van der Waals surface area contributed by atoms with Gasteiger partial charge in [0.15, 0.2) is 0 Å². The van der Waals surface area contributed by atoms with Crippen molar-refractivity contribution in [3.63, 3.8) is 0 Å². The van der Waals surface area contributed by atoms with Gasteiger partial charge in [-0.2, -0.15) is 0 Å². The number of rotatable bonds is 8. The molecule has 0 spiro atoms. The Morgan fingerprint density at radius 2 is 1.89 bits per heavy atom. The molecular weight excluding hydrogens is 400 g/mol. The van der Waals surface area contributed by atoms with Crippen molar-refractivity contribution < 1.29 is 4.74 Å². The second kappa shape index (κ2) is 10.2. The summed E-state index contributed by atoms with van der Waals surface area (Å²) in [6, 6.07) is 14.6. The van der Waals surface area contributed by atoms with Crippen LogP contribution in [0.2, 0.25) is 0 Å². The fourth-order valence-electron chi connectivity index (χ4n) is 2.80. The van der Waals surface area contributed by atoms with E-state index in [1.165, 1.54) is 5.56 Å². The van der Waals surface area contributed by atoms with Gasteiger partial charge in [-0.3, -0.25) is 0 Å². The lowest BCUT2D eigenvalue weighted by atomic mass is 9.99. The normalized spacial score (nSPS) is 12.1. The number of anilines is 2. The van der Waals surface area contributed by atoms with Crippen molar-refractivity contribution in [3.05, 3.63) is 76.1 Å².